The zero-order valence-electron chi connectivity index (χ0n) is 12.8. The summed E-state index contributed by atoms with van der Waals surface area (Å²) in [6, 6.07) is 7.42. The van der Waals surface area contributed by atoms with E-state index in [-0.39, 0.29) is 11.7 Å². The van der Waals surface area contributed by atoms with Gasteiger partial charge in [-0.05, 0) is 50.6 Å². The second-order valence-corrected chi connectivity index (χ2v) is 6.16. The lowest BCUT2D eigenvalue weighted by Crippen LogP contribution is -2.13. The van der Waals surface area contributed by atoms with E-state index in [9.17, 15) is 9.59 Å². The van der Waals surface area contributed by atoms with E-state index in [0.29, 0.717) is 29.9 Å². The lowest BCUT2D eigenvalue weighted by molar-refractivity contribution is -0.116. The number of aryl methyl sites for hydroxylation is 3. The number of anilines is 1. The highest BCUT2D eigenvalue weighted by molar-refractivity contribution is 9.10. The predicted octanol–water partition coefficient (Wildman–Crippen LogP) is 4.43. The Balaban J connectivity index is 1.95. The summed E-state index contributed by atoms with van der Waals surface area (Å²) in [6.07, 6.45) is 0.773. The van der Waals surface area contributed by atoms with Gasteiger partial charge in [-0.1, -0.05) is 15.9 Å². The molecular formula is C17H18BrNO3. The molecule has 0 aliphatic rings. The van der Waals surface area contributed by atoms with Crippen molar-refractivity contribution < 1.29 is 14.0 Å². The molecule has 0 radical (unpaired) electrons. The van der Waals surface area contributed by atoms with Gasteiger partial charge < -0.3 is 9.73 Å². The molecule has 1 aromatic heterocycles. The summed E-state index contributed by atoms with van der Waals surface area (Å²) in [5.74, 6) is 1.16. The van der Waals surface area contributed by atoms with Crippen molar-refractivity contribution in [3.8, 4) is 0 Å². The average Bonchev–Trinajstić information content (AvgIpc) is 2.81. The van der Waals surface area contributed by atoms with E-state index in [0.717, 1.165) is 15.7 Å². The maximum Gasteiger partial charge on any atom is 0.224 e. The largest absolute Gasteiger partial charge is 0.466 e. The molecule has 0 bridgehead atoms. The lowest BCUT2D eigenvalue weighted by Gasteiger charge is -2.08. The SMILES string of the molecule is CC(=O)c1cc(CCC(=O)Nc2ccc(Br)cc2C)oc1C. The van der Waals surface area contributed by atoms with Gasteiger partial charge in [-0.25, -0.2) is 0 Å². The molecule has 2 aromatic rings. The van der Waals surface area contributed by atoms with Crippen LogP contribution in [0.25, 0.3) is 0 Å². The van der Waals surface area contributed by atoms with E-state index in [1.807, 2.05) is 25.1 Å². The summed E-state index contributed by atoms with van der Waals surface area (Å²) in [5, 5.41) is 2.88. The zero-order valence-corrected chi connectivity index (χ0v) is 14.4. The van der Waals surface area contributed by atoms with E-state index in [2.05, 4.69) is 21.2 Å². The van der Waals surface area contributed by atoms with Crippen molar-refractivity contribution in [1.82, 2.24) is 0 Å². The smallest absolute Gasteiger partial charge is 0.224 e. The van der Waals surface area contributed by atoms with Gasteiger partial charge in [0.2, 0.25) is 5.91 Å². The number of carbonyl (C=O) groups is 2. The third-order valence-corrected chi connectivity index (χ3v) is 3.90. The fraction of sp³-hybridized carbons (Fsp3) is 0.294. The molecule has 5 heteroatoms. The summed E-state index contributed by atoms with van der Waals surface area (Å²) < 4.78 is 6.49. The van der Waals surface area contributed by atoms with E-state index >= 15 is 0 Å². The van der Waals surface area contributed by atoms with Crippen LogP contribution in [0.15, 0.2) is 33.2 Å². The Kier molecular flexibility index (Phi) is 5.19. The van der Waals surface area contributed by atoms with Crippen molar-refractivity contribution in [3.05, 3.63) is 51.4 Å². The number of carbonyl (C=O) groups excluding carboxylic acids is 2. The number of ketones is 1. The van der Waals surface area contributed by atoms with E-state index in [1.54, 1.807) is 13.0 Å². The normalized spacial score (nSPS) is 10.5. The molecule has 4 nitrogen and oxygen atoms in total. The third kappa shape index (κ3) is 4.07. The molecule has 0 saturated heterocycles. The predicted molar refractivity (Wildman–Crippen MR) is 89.3 cm³/mol. The second kappa shape index (κ2) is 6.92. The fourth-order valence-electron chi connectivity index (χ4n) is 2.23. The molecule has 22 heavy (non-hydrogen) atoms. The number of benzene rings is 1. The minimum absolute atomic E-state index is 0.0255. The van der Waals surface area contributed by atoms with Gasteiger partial charge in [0.05, 0.1) is 5.56 Å². The zero-order chi connectivity index (χ0) is 16.3. The van der Waals surface area contributed by atoms with E-state index < -0.39 is 0 Å². The molecule has 0 spiro atoms. The highest BCUT2D eigenvalue weighted by Crippen LogP contribution is 2.21. The monoisotopic (exact) mass is 363 g/mol. The number of rotatable bonds is 5. The Morgan fingerprint density at radius 1 is 1.23 bits per heavy atom. The molecule has 0 unspecified atom stereocenters. The number of halogens is 1. The van der Waals surface area contributed by atoms with Crippen molar-refractivity contribution >= 4 is 33.3 Å². The van der Waals surface area contributed by atoms with Crippen LogP contribution in [-0.2, 0) is 11.2 Å². The van der Waals surface area contributed by atoms with Gasteiger partial charge in [-0.3, -0.25) is 9.59 Å². The Labute approximate surface area is 138 Å². The Bertz CT molecular complexity index is 719. The van der Waals surface area contributed by atoms with Crippen molar-refractivity contribution in [2.45, 2.75) is 33.6 Å². The molecule has 1 aromatic carbocycles. The molecule has 1 amide bonds. The van der Waals surface area contributed by atoms with Crippen LogP contribution < -0.4 is 5.32 Å². The summed E-state index contributed by atoms with van der Waals surface area (Å²) in [4.78, 5) is 23.4. The van der Waals surface area contributed by atoms with Crippen LogP contribution in [0.1, 0.15) is 40.8 Å². The van der Waals surface area contributed by atoms with Crippen LogP contribution in [0.4, 0.5) is 5.69 Å². The van der Waals surface area contributed by atoms with Crippen molar-refractivity contribution in [3.63, 3.8) is 0 Å². The Morgan fingerprint density at radius 2 is 1.95 bits per heavy atom. The molecular weight excluding hydrogens is 346 g/mol. The highest BCUT2D eigenvalue weighted by atomic mass is 79.9. The van der Waals surface area contributed by atoms with Crippen molar-refractivity contribution in [2.75, 3.05) is 5.32 Å². The maximum absolute atomic E-state index is 12.0. The molecule has 116 valence electrons. The molecule has 1 heterocycles. The molecule has 0 aliphatic carbocycles. The molecule has 0 fully saturated rings. The van der Waals surface area contributed by atoms with Crippen LogP contribution in [0.2, 0.25) is 0 Å². The summed E-state index contributed by atoms with van der Waals surface area (Å²) in [7, 11) is 0. The number of hydrogen-bond acceptors (Lipinski definition) is 3. The first kappa shape index (κ1) is 16.5. The van der Waals surface area contributed by atoms with Crippen molar-refractivity contribution in [1.29, 1.82) is 0 Å². The van der Waals surface area contributed by atoms with Crippen LogP contribution in [0.5, 0.6) is 0 Å². The van der Waals surface area contributed by atoms with Crippen LogP contribution in [-0.4, -0.2) is 11.7 Å². The van der Waals surface area contributed by atoms with Gasteiger partial charge in [-0.15, -0.1) is 0 Å². The van der Waals surface area contributed by atoms with Gasteiger partial charge in [0.15, 0.2) is 5.78 Å². The quantitative estimate of drug-likeness (QED) is 0.799. The topological polar surface area (TPSA) is 59.3 Å². The summed E-state index contributed by atoms with van der Waals surface area (Å²) in [6.45, 7) is 5.20. The van der Waals surface area contributed by atoms with Crippen molar-refractivity contribution in [2.24, 2.45) is 0 Å². The van der Waals surface area contributed by atoms with Gasteiger partial charge in [0.1, 0.15) is 11.5 Å². The summed E-state index contributed by atoms with van der Waals surface area (Å²) in [5.41, 5.74) is 2.38. The molecule has 2 rings (SSSR count). The first-order valence-electron chi connectivity index (χ1n) is 7.03. The van der Waals surface area contributed by atoms with Gasteiger partial charge in [0, 0.05) is 23.0 Å². The average molecular weight is 364 g/mol. The summed E-state index contributed by atoms with van der Waals surface area (Å²) >= 11 is 3.39. The minimum atomic E-state index is -0.0798. The van der Waals surface area contributed by atoms with Crippen LogP contribution in [0, 0.1) is 13.8 Å². The number of amides is 1. The lowest BCUT2D eigenvalue weighted by atomic mass is 10.1. The second-order valence-electron chi connectivity index (χ2n) is 5.25. The number of furan rings is 1. The minimum Gasteiger partial charge on any atom is -0.466 e. The molecule has 0 saturated carbocycles. The third-order valence-electron chi connectivity index (χ3n) is 3.41. The number of Topliss-reactive ketones (excluding diaryl/α,β-unsaturated/α-hetero) is 1. The van der Waals surface area contributed by atoms with Gasteiger partial charge >= 0.3 is 0 Å². The van der Waals surface area contributed by atoms with Gasteiger partial charge in [0.25, 0.3) is 0 Å². The first-order valence-corrected chi connectivity index (χ1v) is 7.82. The van der Waals surface area contributed by atoms with E-state index in [1.165, 1.54) is 6.92 Å². The number of hydrogen-bond donors (Lipinski definition) is 1. The fourth-order valence-corrected chi connectivity index (χ4v) is 2.71. The van der Waals surface area contributed by atoms with Gasteiger partial charge in [-0.2, -0.15) is 0 Å². The molecule has 0 atom stereocenters. The molecule has 0 aliphatic heterocycles. The highest BCUT2D eigenvalue weighted by Gasteiger charge is 2.13. The van der Waals surface area contributed by atoms with Crippen LogP contribution in [0.3, 0.4) is 0 Å². The maximum atomic E-state index is 12.0. The Morgan fingerprint density at radius 3 is 2.55 bits per heavy atom. The standard InChI is InChI=1S/C17H18BrNO3/c1-10-8-13(18)4-6-16(10)19-17(21)7-5-14-9-15(11(2)20)12(3)22-14/h4,6,8-9H,5,7H2,1-3H3,(H,19,21). The Hall–Kier alpha value is -1.88. The van der Waals surface area contributed by atoms with E-state index in [4.69, 9.17) is 4.42 Å². The van der Waals surface area contributed by atoms with Crippen LogP contribution >= 0.6 is 15.9 Å². The molecule has 1 N–H and O–H groups in total. The number of nitrogens with one attached hydrogen (secondary N) is 1. The first-order chi connectivity index (χ1) is 10.4.